The summed E-state index contributed by atoms with van der Waals surface area (Å²) in [5.74, 6) is 0. The molecule has 56 valence electrons. The highest BCUT2D eigenvalue weighted by atomic mass is 32.3. The van der Waals surface area contributed by atoms with Gasteiger partial charge in [-0.15, -0.1) is 3.89 Å². The van der Waals surface area contributed by atoms with Crippen LogP contribution in [0.5, 0.6) is 0 Å². The molecule has 0 aromatic heterocycles. The summed E-state index contributed by atoms with van der Waals surface area (Å²) in [5, 5.41) is 4.01. The van der Waals surface area contributed by atoms with Gasteiger partial charge in [0.15, 0.2) is 0 Å². The highest BCUT2D eigenvalue weighted by Crippen LogP contribution is 2.05. The Bertz CT molecular complexity index is 242. The third kappa shape index (κ3) is 7.75. The molecule has 0 radical (unpaired) electrons. The van der Waals surface area contributed by atoms with Crippen molar-refractivity contribution in [3.8, 4) is 0 Å². The van der Waals surface area contributed by atoms with E-state index in [2.05, 4.69) is 5.14 Å². The van der Waals surface area contributed by atoms with E-state index in [1.807, 2.05) is 0 Å². The molecule has 6 nitrogen and oxygen atoms in total. The molecule has 0 fully saturated rings. The van der Waals surface area contributed by atoms with Crippen LogP contribution < -0.4 is 5.14 Å². The molecule has 0 atom stereocenters. The monoisotopic (exact) mass is 177 g/mol. The van der Waals surface area contributed by atoms with Gasteiger partial charge in [0.2, 0.25) is 10.4 Å². The Morgan fingerprint density at radius 1 is 1.22 bits per heavy atom. The molecule has 0 rings (SSSR count). The van der Waals surface area contributed by atoms with E-state index in [-0.39, 0.29) is 0 Å². The van der Waals surface area contributed by atoms with Crippen molar-refractivity contribution in [2.45, 2.75) is 0 Å². The molecular weight excluding hydrogens is 175 g/mol. The van der Waals surface area contributed by atoms with Gasteiger partial charge in [-0.05, 0) is 0 Å². The Labute approximate surface area is 51.4 Å². The Morgan fingerprint density at radius 2 is 1.56 bits per heavy atom. The van der Waals surface area contributed by atoms with Gasteiger partial charge in [0, 0.05) is 0 Å². The zero-order valence-corrected chi connectivity index (χ0v) is 5.49. The summed E-state index contributed by atoms with van der Waals surface area (Å²) in [5.41, 5.74) is 0. The average Bonchev–Trinajstić information content (AvgIpc) is 1.14. The van der Waals surface area contributed by atoms with Crippen LogP contribution in [0.4, 0.5) is 3.89 Å². The maximum absolute atomic E-state index is 11.2. The summed E-state index contributed by atoms with van der Waals surface area (Å²) < 4.78 is 50.8. The highest BCUT2D eigenvalue weighted by molar-refractivity contribution is 8.09. The van der Waals surface area contributed by atoms with Crippen molar-refractivity contribution in [3.63, 3.8) is 0 Å². The maximum atomic E-state index is 11.2. The van der Waals surface area contributed by atoms with E-state index in [4.69, 9.17) is 0 Å². The third-order valence-corrected chi connectivity index (χ3v) is 1.74. The zero-order valence-electron chi connectivity index (χ0n) is 3.85. The van der Waals surface area contributed by atoms with E-state index in [0.717, 1.165) is 0 Å². The molecule has 2 N–H and O–H groups in total. The summed E-state index contributed by atoms with van der Waals surface area (Å²) in [4.78, 5) is 0. The Balaban J connectivity index is 4.46. The van der Waals surface area contributed by atoms with Gasteiger partial charge in [-0.3, -0.25) is 0 Å². The summed E-state index contributed by atoms with van der Waals surface area (Å²) in [6.45, 7) is 0. The molecule has 0 heterocycles. The minimum absolute atomic E-state index is 1.60. The molecule has 0 saturated carbocycles. The van der Waals surface area contributed by atoms with Crippen molar-refractivity contribution in [3.05, 3.63) is 4.13 Å². The average molecular weight is 177 g/mol. The van der Waals surface area contributed by atoms with Crippen LogP contribution in [0.2, 0.25) is 0 Å². The van der Waals surface area contributed by atoms with Crippen LogP contribution in [0.15, 0.2) is 0 Å². The largest absolute Gasteiger partial charge is 0.394 e. The molecule has 0 spiro atoms. The lowest BCUT2D eigenvalue weighted by molar-refractivity contribution is 0.560. The first-order chi connectivity index (χ1) is 3.71. The molecule has 0 bridgehead atoms. The molecule has 9 heavy (non-hydrogen) atoms. The van der Waals surface area contributed by atoms with E-state index < -0.39 is 20.6 Å². The van der Waals surface area contributed by atoms with E-state index in [0.29, 0.717) is 0 Å². The molecule has 0 aliphatic carbocycles. The fourth-order valence-corrected chi connectivity index (χ4v) is 1.12. The predicted molar refractivity (Wildman–Crippen MR) is 26.5 cm³/mol. The van der Waals surface area contributed by atoms with Crippen LogP contribution in [0.3, 0.4) is 0 Å². The van der Waals surface area contributed by atoms with Crippen molar-refractivity contribution in [2.75, 3.05) is 0 Å². The van der Waals surface area contributed by atoms with E-state index in [1.54, 1.807) is 4.13 Å². The van der Waals surface area contributed by atoms with Crippen molar-refractivity contribution >= 4 is 20.6 Å². The lowest BCUT2D eigenvalue weighted by Crippen LogP contribution is -2.12. The molecule has 0 aromatic carbocycles. The first-order valence-corrected chi connectivity index (χ1v) is 4.27. The van der Waals surface area contributed by atoms with Crippen LogP contribution in [0.25, 0.3) is 4.13 Å². The van der Waals surface area contributed by atoms with E-state index in [9.17, 15) is 20.7 Å². The number of hydrogen-bond acceptors (Lipinski definition) is 4. The van der Waals surface area contributed by atoms with Gasteiger partial charge in [0.1, 0.15) is 10.2 Å². The summed E-state index contributed by atoms with van der Waals surface area (Å²) >= 11 is 0. The Hall–Kier alpha value is -0.250. The normalized spacial score (nSPS) is 13.6. The standard InChI is InChI=1S/FH2N2O4S2/c1-8(4,5)3-9(2,6)7/h(H2,2,6,7)/q-1. The van der Waals surface area contributed by atoms with Gasteiger partial charge >= 0.3 is 0 Å². The van der Waals surface area contributed by atoms with E-state index in [1.165, 1.54) is 0 Å². The van der Waals surface area contributed by atoms with Crippen molar-refractivity contribution in [2.24, 2.45) is 5.14 Å². The van der Waals surface area contributed by atoms with Crippen molar-refractivity contribution in [1.29, 1.82) is 0 Å². The number of halogens is 1. The molecule has 0 unspecified atom stereocenters. The smallest absolute Gasteiger partial charge is 0.240 e. The van der Waals surface area contributed by atoms with Crippen molar-refractivity contribution in [1.82, 2.24) is 0 Å². The molecule has 0 saturated heterocycles. The van der Waals surface area contributed by atoms with Crippen LogP contribution in [0, 0.1) is 0 Å². The number of rotatable bonds is 2. The number of nitrogens with zero attached hydrogens (tertiary/aromatic N) is 1. The van der Waals surface area contributed by atoms with Crippen molar-refractivity contribution < 1.29 is 20.7 Å². The first-order valence-electron chi connectivity index (χ1n) is 1.42. The third-order valence-electron chi connectivity index (χ3n) is 0.193. The van der Waals surface area contributed by atoms with Gasteiger partial charge in [-0.2, -0.15) is 0 Å². The number of hydrogen-bond donors (Lipinski definition) is 1. The molecule has 0 amide bonds. The lowest BCUT2D eigenvalue weighted by atomic mass is 13.9. The predicted octanol–water partition coefficient (Wildman–Crippen LogP) is -1.22. The lowest BCUT2D eigenvalue weighted by Gasteiger charge is -2.07. The minimum Gasteiger partial charge on any atom is -0.394 e. The van der Waals surface area contributed by atoms with Crippen LogP contribution in [-0.2, 0) is 20.6 Å². The topological polar surface area (TPSA) is 108 Å². The summed E-state index contributed by atoms with van der Waals surface area (Å²) in [7, 11) is -9.99. The Kier molecular flexibility index (Phi) is 2.11. The van der Waals surface area contributed by atoms with Gasteiger partial charge in [-0.1, -0.05) is 0 Å². The zero-order chi connectivity index (χ0) is 7.71. The maximum Gasteiger partial charge on any atom is 0.240 e. The highest BCUT2D eigenvalue weighted by Gasteiger charge is 1.97. The van der Waals surface area contributed by atoms with Crippen LogP contribution in [0.1, 0.15) is 0 Å². The molecular formula is H2FN2O4S2-. The SMILES string of the molecule is NS(=O)(=O)[N-]S(=O)(=O)F. The first kappa shape index (κ1) is 8.75. The van der Waals surface area contributed by atoms with Gasteiger partial charge < -0.3 is 4.13 Å². The quantitative estimate of drug-likeness (QED) is 0.533. The fraction of sp³-hybridized carbons (Fsp3) is 0. The fourth-order valence-electron chi connectivity index (χ4n) is 0.124. The minimum atomic E-state index is -5.37. The molecule has 9 heteroatoms. The molecule has 0 aliphatic heterocycles. The number of nitrogens with two attached hydrogens (primary N) is 1. The van der Waals surface area contributed by atoms with Gasteiger partial charge in [-0.25, -0.2) is 22.0 Å². The summed E-state index contributed by atoms with van der Waals surface area (Å²) in [6, 6.07) is 0. The van der Waals surface area contributed by atoms with Gasteiger partial charge in [0.25, 0.3) is 0 Å². The molecule has 0 aliphatic rings. The van der Waals surface area contributed by atoms with E-state index >= 15 is 0 Å². The van der Waals surface area contributed by atoms with Gasteiger partial charge in [0.05, 0.1) is 0 Å². The Morgan fingerprint density at radius 3 is 1.56 bits per heavy atom. The second-order valence-corrected chi connectivity index (χ2v) is 3.45. The van der Waals surface area contributed by atoms with Crippen LogP contribution >= 0.6 is 0 Å². The second-order valence-electron chi connectivity index (χ2n) is 1.00. The van der Waals surface area contributed by atoms with Crippen LogP contribution in [-0.4, -0.2) is 16.8 Å². The molecule has 0 aromatic rings. The summed E-state index contributed by atoms with van der Waals surface area (Å²) in [6.07, 6.45) is 0. The second kappa shape index (κ2) is 2.17.